The summed E-state index contributed by atoms with van der Waals surface area (Å²) in [6, 6.07) is 6.14. The molecule has 26 heavy (non-hydrogen) atoms. The molecule has 2 amide bonds. The molecular formula is C18H23N5O3. The van der Waals surface area contributed by atoms with Crippen molar-refractivity contribution in [1.29, 1.82) is 0 Å². The molecule has 0 fully saturated rings. The number of carbonyl (C=O) groups excluding carboxylic acids is 1. The van der Waals surface area contributed by atoms with Gasteiger partial charge in [-0.3, -0.25) is 4.90 Å². The molecule has 0 saturated carbocycles. The molecule has 2 aromatic rings. The number of imidazole rings is 1. The van der Waals surface area contributed by atoms with Gasteiger partial charge in [-0.05, 0) is 17.7 Å². The van der Waals surface area contributed by atoms with Gasteiger partial charge in [0.2, 0.25) is 6.79 Å². The highest BCUT2D eigenvalue weighted by molar-refractivity contribution is 5.73. The Morgan fingerprint density at radius 3 is 3.04 bits per heavy atom. The molecule has 0 bridgehead atoms. The molecule has 0 saturated heterocycles. The third kappa shape index (κ3) is 3.32. The predicted octanol–water partition coefficient (Wildman–Crippen LogP) is 1.44. The van der Waals surface area contributed by atoms with Gasteiger partial charge in [0.1, 0.15) is 0 Å². The number of urea groups is 1. The molecule has 4 rings (SSSR count). The summed E-state index contributed by atoms with van der Waals surface area (Å²) in [5.41, 5.74) is 2.33. The molecule has 0 aliphatic carbocycles. The van der Waals surface area contributed by atoms with E-state index in [1.807, 2.05) is 24.7 Å². The van der Waals surface area contributed by atoms with Crippen molar-refractivity contribution in [3.63, 3.8) is 0 Å². The summed E-state index contributed by atoms with van der Waals surface area (Å²) < 4.78 is 13.0. The lowest BCUT2D eigenvalue weighted by Gasteiger charge is -2.34. The summed E-state index contributed by atoms with van der Waals surface area (Å²) in [5.74, 6) is 1.61. The Morgan fingerprint density at radius 1 is 1.35 bits per heavy atom. The molecule has 1 N–H and O–H groups in total. The Bertz CT molecular complexity index is 804. The molecule has 8 nitrogen and oxygen atoms in total. The van der Waals surface area contributed by atoms with Crippen molar-refractivity contribution >= 4 is 6.03 Å². The Labute approximate surface area is 152 Å². The highest BCUT2D eigenvalue weighted by Gasteiger charge is 2.26. The lowest BCUT2D eigenvalue weighted by atomic mass is 10.1. The molecular weight excluding hydrogens is 334 g/mol. The topological polar surface area (TPSA) is 71.9 Å². The Kier molecular flexibility index (Phi) is 4.42. The van der Waals surface area contributed by atoms with Gasteiger partial charge in [-0.1, -0.05) is 6.07 Å². The standard InChI is InChI=1S/C18H23N5O3/c1-21(2)18(24)20-7-15-10-22(9-14-6-19-11-23(14)15)8-13-3-4-16-17(5-13)26-12-25-16/h3-6,11,15H,7-10,12H2,1-2H3,(H,20,24). The summed E-state index contributed by atoms with van der Waals surface area (Å²) in [7, 11) is 3.48. The van der Waals surface area contributed by atoms with Crippen LogP contribution in [-0.4, -0.2) is 59.4 Å². The van der Waals surface area contributed by atoms with Gasteiger partial charge in [-0.25, -0.2) is 9.78 Å². The number of hydrogen-bond acceptors (Lipinski definition) is 5. The number of nitrogens with zero attached hydrogens (tertiary/aromatic N) is 4. The van der Waals surface area contributed by atoms with Crippen molar-refractivity contribution < 1.29 is 14.3 Å². The van der Waals surface area contributed by atoms with Gasteiger partial charge < -0.3 is 24.3 Å². The zero-order chi connectivity index (χ0) is 18.1. The van der Waals surface area contributed by atoms with Crippen LogP contribution in [0.25, 0.3) is 0 Å². The fraction of sp³-hybridized carbons (Fsp3) is 0.444. The molecule has 1 atom stereocenters. The molecule has 8 heteroatoms. The van der Waals surface area contributed by atoms with Gasteiger partial charge >= 0.3 is 6.03 Å². The van der Waals surface area contributed by atoms with E-state index in [0.29, 0.717) is 6.54 Å². The first-order valence-corrected chi connectivity index (χ1v) is 8.67. The molecule has 1 aromatic carbocycles. The fourth-order valence-electron chi connectivity index (χ4n) is 3.41. The maximum absolute atomic E-state index is 11.9. The first-order chi connectivity index (χ1) is 12.6. The maximum Gasteiger partial charge on any atom is 0.316 e. The fourth-order valence-corrected chi connectivity index (χ4v) is 3.41. The molecule has 2 aliphatic rings. The quantitative estimate of drug-likeness (QED) is 0.897. The van der Waals surface area contributed by atoms with Crippen molar-refractivity contribution in [2.24, 2.45) is 0 Å². The first kappa shape index (κ1) is 16.7. The van der Waals surface area contributed by atoms with Crippen LogP contribution in [0.3, 0.4) is 0 Å². The van der Waals surface area contributed by atoms with Crippen LogP contribution in [0.1, 0.15) is 17.3 Å². The minimum Gasteiger partial charge on any atom is -0.454 e. The second-order valence-electron chi connectivity index (χ2n) is 6.88. The number of amides is 2. The highest BCUT2D eigenvalue weighted by atomic mass is 16.7. The van der Waals surface area contributed by atoms with E-state index < -0.39 is 0 Å². The number of hydrogen-bond donors (Lipinski definition) is 1. The largest absolute Gasteiger partial charge is 0.454 e. The molecule has 1 unspecified atom stereocenters. The molecule has 138 valence electrons. The lowest BCUT2D eigenvalue weighted by Crippen LogP contribution is -2.44. The Morgan fingerprint density at radius 2 is 2.19 bits per heavy atom. The Balaban J connectivity index is 1.46. The highest BCUT2D eigenvalue weighted by Crippen LogP contribution is 2.33. The van der Waals surface area contributed by atoms with Crippen molar-refractivity contribution in [1.82, 2.24) is 24.7 Å². The van der Waals surface area contributed by atoms with E-state index >= 15 is 0 Å². The molecule has 0 radical (unpaired) electrons. The summed E-state index contributed by atoms with van der Waals surface area (Å²) >= 11 is 0. The van der Waals surface area contributed by atoms with Crippen molar-refractivity contribution in [3.8, 4) is 11.5 Å². The zero-order valence-corrected chi connectivity index (χ0v) is 15.0. The van der Waals surface area contributed by atoms with Gasteiger partial charge in [-0.2, -0.15) is 0 Å². The van der Waals surface area contributed by atoms with Gasteiger partial charge in [0, 0.05) is 46.5 Å². The van der Waals surface area contributed by atoms with Crippen LogP contribution in [0.5, 0.6) is 11.5 Å². The van der Waals surface area contributed by atoms with Crippen LogP contribution in [0, 0.1) is 0 Å². The second kappa shape index (κ2) is 6.87. The average molecular weight is 357 g/mol. The van der Waals surface area contributed by atoms with E-state index in [2.05, 4.69) is 25.8 Å². The van der Waals surface area contributed by atoms with Crippen LogP contribution in [0.2, 0.25) is 0 Å². The van der Waals surface area contributed by atoms with E-state index in [1.165, 1.54) is 5.56 Å². The van der Waals surface area contributed by atoms with Crippen molar-refractivity contribution in [3.05, 3.63) is 42.0 Å². The molecule has 3 heterocycles. The van der Waals surface area contributed by atoms with Crippen LogP contribution < -0.4 is 14.8 Å². The number of fused-ring (bicyclic) bond motifs is 2. The van der Waals surface area contributed by atoms with E-state index in [4.69, 9.17) is 9.47 Å². The lowest BCUT2D eigenvalue weighted by molar-refractivity contribution is 0.170. The average Bonchev–Trinajstić information content (AvgIpc) is 3.27. The predicted molar refractivity (Wildman–Crippen MR) is 95.0 cm³/mol. The summed E-state index contributed by atoms with van der Waals surface area (Å²) in [5, 5.41) is 2.98. The van der Waals surface area contributed by atoms with Crippen LogP contribution in [0.15, 0.2) is 30.7 Å². The number of benzene rings is 1. The van der Waals surface area contributed by atoms with Crippen LogP contribution in [-0.2, 0) is 13.1 Å². The smallest absolute Gasteiger partial charge is 0.316 e. The summed E-state index contributed by atoms with van der Waals surface area (Å²) in [4.78, 5) is 20.1. The van der Waals surface area contributed by atoms with Crippen LogP contribution in [0.4, 0.5) is 4.79 Å². The third-order valence-electron chi connectivity index (χ3n) is 4.73. The second-order valence-corrected chi connectivity index (χ2v) is 6.88. The number of carbonyl (C=O) groups is 1. The van der Waals surface area contributed by atoms with E-state index in [9.17, 15) is 4.79 Å². The van der Waals surface area contributed by atoms with E-state index in [0.717, 1.165) is 36.8 Å². The monoisotopic (exact) mass is 357 g/mol. The van der Waals surface area contributed by atoms with Gasteiger partial charge in [0.05, 0.1) is 18.1 Å². The number of aromatic nitrogens is 2. The van der Waals surface area contributed by atoms with Crippen molar-refractivity contribution in [2.75, 3.05) is 34.0 Å². The van der Waals surface area contributed by atoms with Crippen LogP contribution >= 0.6 is 0 Å². The maximum atomic E-state index is 11.9. The number of nitrogens with one attached hydrogen (secondary N) is 1. The minimum atomic E-state index is -0.0837. The molecule has 2 aliphatic heterocycles. The van der Waals surface area contributed by atoms with Gasteiger partial charge in [-0.15, -0.1) is 0 Å². The molecule has 0 spiro atoms. The summed E-state index contributed by atoms with van der Waals surface area (Å²) in [6.07, 6.45) is 3.74. The van der Waals surface area contributed by atoms with Gasteiger partial charge in [0.25, 0.3) is 0 Å². The number of ether oxygens (including phenoxy) is 2. The molecule has 1 aromatic heterocycles. The third-order valence-corrected chi connectivity index (χ3v) is 4.73. The van der Waals surface area contributed by atoms with E-state index in [-0.39, 0.29) is 18.9 Å². The first-order valence-electron chi connectivity index (χ1n) is 8.67. The zero-order valence-electron chi connectivity index (χ0n) is 15.0. The van der Waals surface area contributed by atoms with Crippen molar-refractivity contribution in [2.45, 2.75) is 19.1 Å². The number of rotatable bonds is 4. The van der Waals surface area contributed by atoms with Gasteiger partial charge in [0.15, 0.2) is 11.5 Å². The SMILES string of the molecule is CN(C)C(=O)NCC1CN(Cc2ccc3c(c2)OCO3)Cc2cncn21. The normalized spacial score (nSPS) is 18.5. The summed E-state index contributed by atoms with van der Waals surface area (Å²) in [6.45, 7) is 3.32. The Hall–Kier alpha value is -2.74. The minimum absolute atomic E-state index is 0.0837. The van der Waals surface area contributed by atoms with E-state index in [1.54, 1.807) is 19.0 Å².